The van der Waals surface area contributed by atoms with Gasteiger partial charge in [-0.15, -0.1) is 0 Å². The third-order valence-electron chi connectivity index (χ3n) is 5.01. The molecule has 2 aromatic heterocycles. The zero-order valence-corrected chi connectivity index (χ0v) is 15.4. The van der Waals surface area contributed by atoms with Crippen molar-refractivity contribution in [2.45, 2.75) is 26.2 Å². The van der Waals surface area contributed by atoms with Crippen LogP contribution in [0.3, 0.4) is 0 Å². The second-order valence-corrected chi connectivity index (χ2v) is 7.05. The first-order chi connectivity index (χ1) is 13.2. The molecule has 0 saturated carbocycles. The normalized spacial score (nSPS) is 16.0. The number of hydrogen-bond acceptors (Lipinski definition) is 5. The summed E-state index contributed by atoms with van der Waals surface area (Å²) in [4.78, 5) is 26.1. The molecule has 6 heteroatoms. The summed E-state index contributed by atoms with van der Waals surface area (Å²) in [6, 6.07) is 7.92. The van der Waals surface area contributed by atoms with Gasteiger partial charge in [0.25, 0.3) is 5.91 Å². The number of amides is 1. The van der Waals surface area contributed by atoms with Gasteiger partial charge in [-0.1, -0.05) is 25.1 Å². The number of carbonyl (C=O) groups is 1. The largest absolute Gasteiger partial charge is 0.367 e. The van der Waals surface area contributed by atoms with E-state index in [2.05, 4.69) is 27.5 Å². The first-order valence-electron chi connectivity index (χ1n) is 9.41. The first kappa shape index (κ1) is 17.4. The van der Waals surface area contributed by atoms with Gasteiger partial charge in [0.2, 0.25) is 0 Å². The van der Waals surface area contributed by atoms with Crippen molar-refractivity contribution in [1.82, 2.24) is 20.3 Å². The van der Waals surface area contributed by atoms with Gasteiger partial charge in [-0.25, -0.2) is 4.98 Å². The van der Waals surface area contributed by atoms with Gasteiger partial charge in [0.05, 0.1) is 17.3 Å². The lowest BCUT2D eigenvalue weighted by Gasteiger charge is -2.24. The SMILES string of the molecule is CC1CCc2nc3ccccc3c(C(=O)NCCNc3cnccn3)c2C1. The van der Waals surface area contributed by atoms with Crippen molar-refractivity contribution in [2.75, 3.05) is 18.4 Å². The summed E-state index contributed by atoms with van der Waals surface area (Å²) in [5, 5.41) is 7.14. The Morgan fingerprint density at radius 2 is 2.11 bits per heavy atom. The van der Waals surface area contributed by atoms with E-state index in [1.54, 1.807) is 18.6 Å². The lowest BCUT2D eigenvalue weighted by atomic mass is 9.84. The van der Waals surface area contributed by atoms with Crippen LogP contribution in [-0.4, -0.2) is 33.9 Å². The standard InChI is InChI=1S/C21H23N5O/c1-14-6-7-18-16(12-14)20(15-4-2-3-5-17(15)26-18)21(27)25-11-10-24-19-13-22-8-9-23-19/h2-5,8-9,13-14H,6-7,10-12H2,1H3,(H,23,24)(H,25,27). The van der Waals surface area contributed by atoms with E-state index in [9.17, 15) is 4.79 Å². The van der Waals surface area contributed by atoms with Gasteiger partial charge in [0.15, 0.2) is 0 Å². The fourth-order valence-electron chi connectivity index (χ4n) is 3.67. The van der Waals surface area contributed by atoms with Crippen LogP contribution in [0.1, 0.15) is 35.0 Å². The Morgan fingerprint density at radius 1 is 1.22 bits per heavy atom. The molecule has 1 aliphatic rings. The Hall–Kier alpha value is -3.02. The van der Waals surface area contributed by atoms with Crippen LogP contribution >= 0.6 is 0 Å². The molecule has 2 heterocycles. The van der Waals surface area contributed by atoms with Gasteiger partial charge in [0, 0.05) is 36.6 Å². The maximum Gasteiger partial charge on any atom is 0.252 e. The molecule has 2 N–H and O–H groups in total. The highest BCUT2D eigenvalue weighted by atomic mass is 16.1. The molecule has 0 bridgehead atoms. The van der Waals surface area contributed by atoms with Crippen molar-refractivity contribution < 1.29 is 4.79 Å². The molecule has 0 spiro atoms. The van der Waals surface area contributed by atoms with Crippen molar-refractivity contribution >= 4 is 22.6 Å². The van der Waals surface area contributed by atoms with Crippen LogP contribution in [0.2, 0.25) is 0 Å². The summed E-state index contributed by atoms with van der Waals surface area (Å²) in [5.74, 6) is 1.25. The van der Waals surface area contributed by atoms with E-state index in [4.69, 9.17) is 4.98 Å². The Bertz CT molecular complexity index is 957. The van der Waals surface area contributed by atoms with E-state index in [1.807, 2.05) is 24.3 Å². The number of fused-ring (bicyclic) bond motifs is 2. The summed E-state index contributed by atoms with van der Waals surface area (Å²) in [6.45, 7) is 3.34. The molecule has 0 radical (unpaired) electrons. The predicted molar refractivity (Wildman–Crippen MR) is 106 cm³/mol. The fourth-order valence-corrected chi connectivity index (χ4v) is 3.67. The van der Waals surface area contributed by atoms with Crippen LogP contribution in [0.25, 0.3) is 10.9 Å². The molecule has 0 aliphatic heterocycles. The number of anilines is 1. The molecule has 138 valence electrons. The second kappa shape index (κ2) is 7.70. The average molecular weight is 361 g/mol. The lowest BCUT2D eigenvalue weighted by molar-refractivity contribution is 0.0955. The zero-order chi connectivity index (χ0) is 18.6. The quantitative estimate of drug-likeness (QED) is 0.683. The van der Waals surface area contributed by atoms with Gasteiger partial charge < -0.3 is 10.6 Å². The van der Waals surface area contributed by atoms with Crippen molar-refractivity contribution in [3.05, 3.63) is 59.7 Å². The highest BCUT2D eigenvalue weighted by molar-refractivity contribution is 6.07. The molecule has 1 amide bonds. The molecule has 4 rings (SSSR count). The van der Waals surface area contributed by atoms with Crippen LogP contribution < -0.4 is 10.6 Å². The number of nitrogens with one attached hydrogen (secondary N) is 2. The van der Waals surface area contributed by atoms with Gasteiger partial charge in [0.1, 0.15) is 5.82 Å². The average Bonchev–Trinajstić information content (AvgIpc) is 2.70. The highest BCUT2D eigenvalue weighted by Crippen LogP contribution is 2.31. The summed E-state index contributed by atoms with van der Waals surface area (Å²) < 4.78 is 0. The second-order valence-electron chi connectivity index (χ2n) is 7.05. The van der Waals surface area contributed by atoms with Crippen LogP contribution in [0.4, 0.5) is 5.82 Å². The third-order valence-corrected chi connectivity index (χ3v) is 5.01. The number of carbonyl (C=O) groups excluding carboxylic acids is 1. The maximum absolute atomic E-state index is 13.1. The molecule has 6 nitrogen and oxygen atoms in total. The number of aromatic nitrogens is 3. The Morgan fingerprint density at radius 3 is 2.96 bits per heavy atom. The number of rotatable bonds is 5. The van der Waals surface area contributed by atoms with Crippen LogP contribution in [-0.2, 0) is 12.8 Å². The Labute approximate surface area is 158 Å². The van der Waals surface area contributed by atoms with Crippen LogP contribution in [0.15, 0.2) is 42.9 Å². The molecule has 1 unspecified atom stereocenters. The van der Waals surface area contributed by atoms with E-state index < -0.39 is 0 Å². The number of aryl methyl sites for hydroxylation is 1. The van der Waals surface area contributed by atoms with Crippen molar-refractivity contribution in [1.29, 1.82) is 0 Å². The number of benzene rings is 1. The fraction of sp³-hybridized carbons (Fsp3) is 0.333. The first-order valence-corrected chi connectivity index (χ1v) is 9.41. The summed E-state index contributed by atoms with van der Waals surface area (Å²) >= 11 is 0. The molecule has 3 aromatic rings. The van der Waals surface area contributed by atoms with Crippen LogP contribution in [0.5, 0.6) is 0 Å². The van der Waals surface area contributed by atoms with Crippen molar-refractivity contribution in [3.8, 4) is 0 Å². The van der Waals surface area contributed by atoms with Gasteiger partial charge in [-0.05, 0) is 36.8 Å². The minimum atomic E-state index is -0.0279. The highest BCUT2D eigenvalue weighted by Gasteiger charge is 2.25. The van der Waals surface area contributed by atoms with Crippen molar-refractivity contribution in [2.24, 2.45) is 5.92 Å². The van der Waals surface area contributed by atoms with E-state index >= 15 is 0 Å². The summed E-state index contributed by atoms with van der Waals surface area (Å²) in [5.41, 5.74) is 3.89. The number of hydrogen-bond donors (Lipinski definition) is 2. The van der Waals surface area contributed by atoms with E-state index in [0.717, 1.165) is 47.0 Å². The zero-order valence-electron chi connectivity index (χ0n) is 15.4. The summed E-state index contributed by atoms with van der Waals surface area (Å²) in [7, 11) is 0. The molecule has 1 aliphatic carbocycles. The third kappa shape index (κ3) is 3.74. The number of para-hydroxylation sites is 1. The molecule has 1 aromatic carbocycles. The minimum Gasteiger partial charge on any atom is -0.367 e. The minimum absolute atomic E-state index is 0.0279. The Kier molecular flexibility index (Phi) is 4.96. The maximum atomic E-state index is 13.1. The van der Waals surface area contributed by atoms with Crippen molar-refractivity contribution in [3.63, 3.8) is 0 Å². The topological polar surface area (TPSA) is 79.8 Å². The molecule has 1 atom stereocenters. The molecular weight excluding hydrogens is 338 g/mol. The van der Waals surface area contributed by atoms with E-state index in [1.165, 1.54) is 0 Å². The van der Waals surface area contributed by atoms with Gasteiger partial charge in [-0.2, -0.15) is 0 Å². The number of nitrogens with zero attached hydrogens (tertiary/aromatic N) is 3. The molecular formula is C21H23N5O. The number of pyridine rings is 1. The molecule has 27 heavy (non-hydrogen) atoms. The lowest BCUT2D eigenvalue weighted by Crippen LogP contribution is -2.31. The molecule has 0 fully saturated rings. The van der Waals surface area contributed by atoms with E-state index in [0.29, 0.717) is 24.8 Å². The molecule has 0 saturated heterocycles. The van der Waals surface area contributed by atoms with Gasteiger partial charge >= 0.3 is 0 Å². The van der Waals surface area contributed by atoms with E-state index in [-0.39, 0.29) is 5.91 Å². The Balaban J connectivity index is 1.54. The smallest absolute Gasteiger partial charge is 0.252 e. The monoisotopic (exact) mass is 361 g/mol. The van der Waals surface area contributed by atoms with Gasteiger partial charge in [-0.3, -0.25) is 14.8 Å². The van der Waals surface area contributed by atoms with Crippen LogP contribution in [0, 0.1) is 5.92 Å². The summed E-state index contributed by atoms with van der Waals surface area (Å²) in [6.07, 6.45) is 7.91. The predicted octanol–water partition coefficient (Wildman–Crippen LogP) is 2.99.